The molecule has 0 saturated heterocycles. The number of benzene rings is 1. The van der Waals surface area contributed by atoms with Crippen LogP contribution in [0.3, 0.4) is 0 Å². The summed E-state index contributed by atoms with van der Waals surface area (Å²) in [4.78, 5) is 29.2. The number of nitrogens with zero attached hydrogens (tertiary/aromatic N) is 2. The van der Waals surface area contributed by atoms with Crippen molar-refractivity contribution in [3.8, 4) is 0 Å². The first-order valence-corrected chi connectivity index (χ1v) is 3.57. The molecule has 8 nitrogen and oxygen atoms in total. The van der Waals surface area contributed by atoms with Gasteiger partial charge in [-0.1, -0.05) is 0 Å². The number of non-ortho nitro benzene ring substituents is 2. The Hall–Kier alpha value is -0.874. The minimum atomic E-state index is -1.71. The van der Waals surface area contributed by atoms with Crippen molar-refractivity contribution in [1.82, 2.24) is 0 Å². The molecule has 9 heteroatoms. The molecule has 0 aliphatic carbocycles. The van der Waals surface area contributed by atoms with Gasteiger partial charge in [-0.15, -0.1) is 0 Å². The normalized spacial score (nSPS) is 9.00. The molecule has 1 aromatic carbocycles. The van der Waals surface area contributed by atoms with Crippen molar-refractivity contribution >= 4 is 17.3 Å². The van der Waals surface area contributed by atoms with E-state index in [0.29, 0.717) is 18.2 Å². The predicted octanol–water partition coefficient (Wildman–Crippen LogP) is -3.13. The third kappa shape index (κ3) is 3.61. The van der Waals surface area contributed by atoms with Gasteiger partial charge in [0.1, 0.15) is 0 Å². The smallest absolute Gasteiger partial charge is 0.545 e. The Morgan fingerprint density at radius 2 is 1.38 bits per heavy atom. The first-order valence-electron chi connectivity index (χ1n) is 3.57. The minimum absolute atomic E-state index is 0. The Morgan fingerprint density at radius 1 is 1.00 bits per heavy atom. The van der Waals surface area contributed by atoms with Gasteiger partial charge in [0.25, 0.3) is 11.4 Å². The summed E-state index contributed by atoms with van der Waals surface area (Å²) >= 11 is 0. The van der Waals surface area contributed by atoms with Gasteiger partial charge in [0.05, 0.1) is 21.9 Å². The van der Waals surface area contributed by atoms with Gasteiger partial charge in [0.2, 0.25) is 0 Å². The summed E-state index contributed by atoms with van der Waals surface area (Å²) in [5.41, 5.74) is -1.93. The second-order valence-electron chi connectivity index (χ2n) is 2.54. The van der Waals surface area contributed by atoms with E-state index >= 15 is 0 Å². The number of hydrogen-bond acceptors (Lipinski definition) is 6. The largest absolute Gasteiger partial charge is 1.00 e. The number of carboxylic acids is 1. The maximum atomic E-state index is 10.4. The summed E-state index contributed by atoms with van der Waals surface area (Å²) in [6.45, 7) is 0. The van der Waals surface area contributed by atoms with Crippen molar-refractivity contribution in [1.29, 1.82) is 0 Å². The monoisotopic (exact) mass is 250 g/mol. The molecule has 0 aliphatic heterocycles. The van der Waals surface area contributed by atoms with Gasteiger partial charge in [-0.3, -0.25) is 20.2 Å². The van der Waals surface area contributed by atoms with Gasteiger partial charge < -0.3 is 9.90 Å². The molecule has 78 valence electrons. The second-order valence-corrected chi connectivity index (χ2v) is 2.54. The zero-order chi connectivity index (χ0) is 11.6. The maximum Gasteiger partial charge on any atom is 1.00 e. The van der Waals surface area contributed by atoms with E-state index in [4.69, 9.17) is 0 Å². The van der Waals surface area contributed by atoms with Gasteiger partial charge in [0.15, 0.2) is 0 Å². The van der Waals surface area contributed by atoms with Crippen molar-refractivity contribution in [2.45, 2.75) is 0 Å². The van der Waals surface area contributed by atoms with Gasteiger partial charge in [-0.05, 0) is 0 Å². The Bertz CT molecular complexity index is 381. The third-order valence-electron chi connectivity index (χ3n) is 1.56. The molecule has 0 N–H and O–H groups in total. The van der Waals surface area contributed by atoms with Crippen molar-refractivity contribution in [3.63, 3.8) is 0 Å². The van der Waals surface area contributed by atoms with E-state index in [1.807, 2.05) is 0 Å². The molecule has 0 heterocycles. The average Bonchev–Trinajstić information content (AvgIpc) is 2.16. The summed E-state index contributed by atoms with van der Waals surface area (Å²) in [5.74, 6) is -1.71. The Labute approximate surface area is 131 Å². The number of rotatable bonds is 3. The van der Waals surface area contributed by atoms with E-state index < -0.39 is 32.8 Å². The Balaban J connectivity index is 0.00000225. The van der Waals surface area contributed by atoms with Crippen LogP contribution in [0, 0.1) is 20.2 Å². The topological polar surface area (TPSA) is 126 Å². The molecule has 0 saturated carbocycles. The van der Waals surface area contributed by atoms with Crippen LogP contribution < -0.4 is 56.5 Å². The van der Waals surface area contributed by atoms with E-state index in [1.165, 1.54) is 0 Å². The van der Waals surface area contributed by atoms with Gasteiger partial charge in [-0.25, -0.2) is 0 Å². The van der Waals surface area contributed by atoms with E-state index in [1.54, 1.807) is 0 Å². The van der Waals surface area contributed by atoms with Crippen molar-refractivity contribution in [3.05, 3.63) is 44.0 Å². The summed E-state index contributed by atoms with van der Waals surface area (Å²) in [6.07, 6.45) is 0. The molecule has 1 rings (SSSR count). The van der Waals surface area contributed by atoms with E-state index in [2.05, 4.69) is 0 Å². The second kappa shape index (κ2) is 6.01. The quantitative estimate of drug-likeness (QED) is 0.317. The van der Waals surface area contributed by atoms with Gasteiger partial charge in [-0.2, -0.15) is 0 Å². The summed E-state index contributed by atoms with van der Waals surface area (Å²) in [6, 6.07) is 2.07. The van der Waals surface area contributed by atoms with E-state index in [-0.39, 0.29) is 51.4 Å². The summed E-state index contributed by atoms with van der Waals surface area (Å²) < 4.78 is 0. The molecule has 0 fully saturated rings. The van der Waals surface area contributed by atoms with Crippen LogP contribution in [0.25, 0.3) is 0 Å². The number of carbonyl (C=O) groups excluding carboxylic acids is 1. The van der Waals surface area contributed by atoms with E-state index in [0.717, 1.165) is 0 Å². The molecular weight excluding hydrogens is 247 g/mol. The van der Waals surface area contributed by atoms with Gasteiger partial charge in [0, 0.05) is 17.7 Å². The average molecular weight is 250 g/mol. The number of aromatic carboxylic acids is 1. The zero-order valence-electron chi connectivity index (χ0n) is 8.08. The van der Waals surface area contributed by atoms with Crippen LogP contribution in [0.1, 0.15) is 10.4 Å². The first-order chi connectivity index (χ1) is 6.91. The standard InChI is InChI=1S/C7H4N2O6.K/c10-7(11)4-1-5(8(12)13)3-6(2-4)9(14)15;/h1-3H,(H,10,11);/q;+1/p-1. The number of nitro groups is 2. The summed E-state index contributed by atoms with van der Waals surface area (Å²) in [5, 5.41) is 31.0. The van der Waals surface area contributed by atoms with Gasteiger partial charge >= 0.3 is 51.4 Å². The fraction of sp³-hybridized carbons (Fsp3) is 0. The van der Waals surface area contributed by atoms with Crippen LogP contribution in [0.4, 0.5) is 11.4 Å². The Kier molecular flexibility index (Phi) is 5.68. The molecule has 0 bridgehead atoms. The summed E-state index contributed by atoms with van der Waals surface area (Å²) in [7, 11) is 0. The fourth-order valence-electron chi connectivity index (χ4n) is 0.924. The van der Waals surface area contributed by atoms with E-state index in [9.17, 15) is 30.1 Å². The molecule has 0 atom stereocenters. The van der Waals surface area contributed by atoms with Crippen LogP contribution in [-0.4, -0.2) is 15.8 Å². The Morgan fingerprint density at radius 3 is 1.62 bits per heavy atom. The van der Waals surface area contributed by atoms with Crippen molar-refractivity contribution in [2.24, 2.45) is 0 Å². The minimum Gasteiger partial charge on any atom is -0.545 e. The molecule has 0 unspecified atom stereocenters. The molecule has 1 aromatic rings. The fourth-order valence-corrected chi connectivity index (χ4v) is 0.924. The SMILES string of the molecule is O=C([O-])c1cc([N+](=O)[O-])cc([N+](=O)[O-])c1.[K+]. The van der Waals surface area contributed by atoms with Crippen molar-refractivity contribution < 1.29 is 71.1 Å². The van der Waals surface area contributed by atoms with Crippen LogP contribution >= 0.6 is 0 Å². The first kappa shape index (κ1) is 15.1. The number of hydrogen-bond donors (Lipinski definition) is 0. The maximum absolute atomic E-state index is 10.4. The van der Waals surface area contributed by atoms with Crippen LogP contribution in [0.2, 0.25) is 0 Å². The van der Waals surface area contributed by atoms with Crippen LogP contribution in [0.15, 0.2) is 18.2 Å². The molecule has 0 aliphatic rings. The number of nitro benzene ring substituents is 2. The number of carboxylic acid groups (broad SMARTS) is 1. The zero-order valence-corrected chi connectivity index (χ0v) is 11.2. The molecule has 0 amide bonds. The molecule has 0 aromatic heterocycles. The van der Waals surface area contributed by atoms with Crippen LogP contribution in [0.5, 0.6) is 0 Å². The van der Waals surface area contributed by atoms with Crippen LogP contribution in [-0.2, 0) is 0 Å². The molecule has 0 spiro atoms. The molecule has 0 radical (unpaired) electrons. The molecular formula is C7H3KN2O6. The molecule has 16 heavy (non-hydrogen) atoms. The predicted molar refractivity (Wildman–Crippen MR) is 44.1 cm³/mol. The third-order valence-corrected chi connectivity index (χ3v) is 1.56. The van der Waals surface area contributed by atoms with Crippen molar-refractivity contribution in [2.75, 3.05) is 0 Å². The number of carbonyl (C=O) groups is 1.